The van der Waals surface area contributed by atoms with E-state index >= 15 is 0 Å². The van der Waals surface area contributed by atoms with Gasteiger partial charge in [0.15, 0.2) is 11.6 Å². The third-order valence-corrected chi connectivity index (χ3v) is 2.84. The van der Waals surface area contributed by atoms with Gasteiger partial charge in [-0.2, -0.15) is 0 Å². The maximum Gasteiger partial charge on any atom is 0.328 e. The number of halogens is 1. The number of nitrogens with one attached hydrogen (secondary N) is 1. The number of esters is 1. The molecule has 1 unspecified atom stereocenters. The summed E-state index contributed by atoms with van der Waals surface area (Å²) < 4.78 is 23.5. The second kappa shape index (κ2) is 6.98. The van der Waals surface area contributed by atoms with Gasteiger partial charge < -0.3 is 20.5 Å². The largest absolute Gasteiger partial charge is 0.491 e. The van der Waals surface area contributed by atoms with E-state index in [2.05, 4.69) is 5.32 Å². The molecule has 0 fully saturated rings. The first-order chi connectivity index (χ1) is 9.40. The van der Waals surface area contributed by atoms with E-state index in [1.807, 2.05) is 13.8 Å². The van der Waals surface area contributed by atoms with Crippen LogP contribution in [0.5, 0.6) is 5.75 Å². The minimum absolute atomic E-state index is 0.0116. The molecule has 0 amide bonds. The Kier molecular flexibility index (Phi) is 5.61. The molecule has 5 nitrogen and oxygen atoms in total. The predicted octanol–water partition coefficient (Wildman–Crippen LogP) is 2.42. The molecule has 0 radical (unpaired) electrons. The number of nitrogen functional groups attached to an aromatic ring is 1. The van der Waals surface area contributed by atoms with Crippen molar-refractivity contribution in [1.82, 2.24) is 0 Å². The van der Waals surface area contributed by atoms with E-state index < -0.39 is 17.8 Å². The van der Waals surface area contributed by atoms with E-state index in [4.69, 9.17) is 15.2 Å². The first kappa shape index (κ1) is 16.1. The van der Waals surface area contributed by atoms with Crippen LogP contribution in [0.3, 0.4) is 0 Å². The summed E-state index contributed by atoms with van der Waals surface area (Å²) in [6.07, 6.45) is 0. The van der Waals surface area contributed by atoms with Crippen LogP contribution in [-0.2, 0) is 9.53 Å². The Balaban J connectivity index is 3.06. The van der Waals surface area contributed by atoms with Crippen LogP contribution in [0.15, 0.2) is 12.1 Å². The molecule has 112 valence electrons. The first-order valence-electron chi connectivity index (χ1n) is 6.46. The summed E-state index contributed by atoms with van der Waals surface area (Å²) in [5.74, 6) is -0.852. The molecule has 1 aromatic rings. The highest BCUT2D eigenvalue weighted by atomic mass is 19.1. The van der Waals surface area contributed by atoms with Crippen molar-refractivity contribution in [2.75, 3.05) is 24.8 Å². The summed E-state index contributed by atoms with van der Waals surface area (Å²) in [6.45, 7) is 5.84. The van der Waals surface area contributed by atoms with Crippen molar-refractivity contribution in [1.29, 1.82) is 0 Å². The monoisotopic (exact) mass is 284 g/mol. The molecular weight excluding hydrogens is 263 g/mol. The second-order valence-electron chi connectivity index (χ2n) is 4.69. The Labute approximate surface area is 118 Å². The molecular formula is C14H21FN2O3. The van der Waals surface area contributed by atoms with Gasteiger partial charge >= 0.3 is 5.97 Å². The molecule has 0 heterocycles. The van der Waals surface area contributed by atoms with Crippen molar-refractivity contribution in [3.63, 3.8) is 0 Å². The summed E-state index contributed by atoms with van der Waals surface area (Å²) in [4.78, 5) is 11.7. The molecule has 3 N–H and O–H groups in total. The van der Waals surface area contributed by atoms with Crippen LogP contribution in [-0.4, -0.2) is 25.7 Å². The maximum atomic E-state index is 13.6. The van der Waals surface area contributed by atoms with Crippen LogP contribution in [0.2, 0.25) is 0 Å². The molecule has 0 aliphatic heterocycles. The van der Waals surface area contributed by atoms with E-state index in [1.54, 1.807) is 6.92 Å². The summed E-state index contributed by atoms with van der Waals surface area (Å²) in [5.41, 5.74) is 6.42. The Hall–Kier alpha value is -1.98. The minimum atomic E-state index is -0.567. The second-order valence-corrected chi connectivity index (χ2v) is 4.69. The highest BCUT2D eigenvalue weighted by molar-refractivity contribution is 5.82. The lowest BCUT2D eigenvalue weighted by molar-refractivity contribution is -0.142. The highest BCUT2D eigenvalue weighted by Gasteiger charge is 2.24. The van der Waals surface area contributed by atoms with Crippen LogP contribution in [0.1, 0.15) is 20.8 Å². The van der Waals surface area contributed by atoms with Crippen molar-refractivity contribution in [2.24, 2.45) is 5.92 Å². The Bertz CT molecular complexity index is 478. The van der Waals surface area contributed by atoms with Gasteiger partial charge in [0.1, 0.15) is 6.04 Å². The molecule has 0 bridgehead atoms. The topological polar surface area (TPSA) is 73.6 Å². The smallest absolute Gasteiger partial charge is 0.328 e. The zero-order chi connectivity index (χ0) is 15.3. The molecule has 6 heteroatoms. The van der Waals surface area contributed by atoms with Crippen molar-refractivity contribution < 1.29 is 18.7 Å². The van der Waals surface area contributed by atoms with Crippen LogP contribution >= 0.6 is 0 Å². The number of anilines is 2. The fraction of sp³-hybridized carbons (Fsp3) is 0.500. The average Bonchev–Trinajstić information content (AvgIpc) is 2.39. The molecule has 1 atom stereocenters. The van der Waals surface area contributed by atoms with Gasteiger partial charge in [-0.25, -0.2) is 9.18 Å². The summed E-state index contributed by atoms with van der Waals surface area (Å²) >= 11 is 0. The standard InChI is InChI=1S/C14H21FN2O3/c1-5-20-12-7-11(10(16)6-9(12)15)17-13(8(2)3)14(18)19-4/h6-8,13,17H,5,16H2,1-4H3. The number of ether oxygens (including phenoxy) is 2. The van der Waals surface area contributed by atoms with Crippen molar-refractivity contribution >= 4 is 17.3 Å². The van der Waals surface area contributed by atoms with E-state index in [0.29, 0.717) is 12.3 Å². The van der Waals surface area contributed by atoms with Crippen molar-refractivity contribution in [3.8, 4) is 5.75 Å². The Morgan fingerprint density at radius 3 is 2.60 bits per heavy atom. The van der Waals surface area contributed by atoms with Gasteiger partial charge in [0.05, 0.1) is 25.1 Å². The van der Waals surface area contributed by atoms with Gasteiger partial charge in [-0.1, -0.05) is 13.8 Å². The van der Waals surface area contributed by atoms with Gasteiger partial charge in [0.25, 0.3) is 0 Å². The van der Waals surface area contributed by atoms with E-state index in [9.17, 15) is 9.18 Å². The zero-order valence-corrected chi connectivity index (χ0v) is 12.2. The van der Waals surface area contributed by atoms with Crippen molar-refractivity contribution in [3.05, 3.63) is 17.9 Å². The predicted molar refractivity (Wildman–Crippen MR) is 76.2 cm³/mol. The lowest BCUT2D eigenvalue weighted by Crippen LogP contribution is -2.35. The molecule has 0 saturated carbocycles. The fourth-order valence-electron chi connectivity index (χ4n) is 1.75. The Morgan fingerprint density at radius 1 is 1.45 bits per heavy atom. The number of benzene rings is 1. The molecule has 0 aliphatic carbocycles. The molecule has 0 aromatic heterocycles. The third kappa shape index (κ3) is 3.76. The van der Waals surface area contributed by atoms with E-state index in [-0.39, 0.29) is 17.4 Å². The van der Waals surface area contributed by atoms with Gasteiger partial charge in [-0.05, 0) is 12.8 Å². The number of carbonyl (C=O) groups is 1. The lowest BCUT2D eigenvalue weighted by atomic mass is 10.0. The SMILES string of the molecule is CCOc1cc(NC(C(=O)OC)C(C)C)c(N)cc1F. The molecule has 1 rings (SSSR count). The van der Waals surface area contributed by atoms with Crippen LogP contribution < -0.4 is 15.8 Å². The minimum Gasteiger partial charge on any atom is -0.491 e. The highest BCUT2D eigenvalue weighted by Crippen LogP contribution is 2.29. The maximum absolute atomic E-state index is 13.6. The molecule has 1 aromatic carbocycles. The lowest BCUT2D eigenvalue weighted by Gasteiger charge is -2.22. The third-order valence-electron chi connectivity index (χ3n) is 2.84. The summed E-state index contributed by atoms with van der Waals surface area (Å²) in [5, 5.41) is 2.98. The quantitative estimate of drug-likeness (QED) is 0.620. The molecule has 0 aliphatic rings. The molecule has 0 spiro atoms. The van der Waals surface area contributed by atoms with Crippen LogP contribution in [0, 0.1) is 11.7 Å². The van der Waals surface area contributed by atoms with Crippen molar-refractivity contribution in [2.45, 2.75) is 26.8 Å². The van der Waals surface area contributed by atoms with Gasteiger partial charge in [0.2, 0.25) is 0 Å². The molecule has 20 heavy (non-hydrogen) atoms. The average molecular weight is 284 g/mol. The number of hydrogen-bond donors (Lipinski definition) is 2. The number of rotatable bonds is 6. The number of methoxy groups -OCH3 is 1. The normalized spacial score (nSPS) is 12.1. The summed E-state index contributed by atoms with van der Waals surface area (Å²) in [6, 6.07) is 2.05. The number of hydrogen-bond acceptors (Lipinski definition) is 5. The summed E-state index contributed by atoms with van der Waals surface area (Å²) in [7, 11) is 1.32. The van der Waals surface area contributed by atoms with E-state index in [0.717, 1.165) is 0 Å². The Morgan fingerprint density at radius 2 is 2.10 bits per heavy atom. The number of carbonyl (C=O) groups excluding carboxylic acids is 1. The van der Waals surface area contributed by atoms with E-state index in [1.165, 1.54) is 19.2 Å². The zero-order valence-electron chi connectivity index (χ0n) is 12.2. The first-order valence-corrected chi connectivity index (χ1v) is 6.46. The fourth-order valence-corrected chi connectivity index (χ4v) is 1.75. The van der Waals surface area contributed by atoms with Crippen LogP contribution in [0.4, 0.5) is 15.8 Å². The molecule has 0 saturated heterocycles. The number of nitrogens with two attached hydrogens (primary N) is 1. The van der Waals surface area contributed by atoms with Crippen LogP contribution in [0.25, 0.3) is 0 Å². The van der Waals surface area contributed by atoms with Gasteiger partial charge in [-0.3, -0.25) is 0 Å². The van der Waals surface area contributed by atoms with Gasteiger partial charge in [-0.15, -0.1) is 0 Å². The van der Waals surface area contributed by atoms with Gasteiger partial charge in [0, 0.05) is 12.1 Å².